The van der Waals surface area contributed by atoms with Gasteiger partial charge in [0.25, 0.3) is 5.91 Å². The molecule has 204 valence electrons. The van der Waals surface area contributed by atoms with Gasteiger partial charge < -0.3 is 15.5 Å². The fraction of sp³-hybridized carbons (Fsp3) is 0.192. The number of nitrogens with one attached hydrogen (secondary N) is 3. The van der Waals surface area contributed by atoms with Gasteiger partial charge >= 0.3 is 12.2 Å². The minimum Gasteiger partial charge on any atom is -0.308 e. The zero-order valence-electron chi connectivity index (χ0n) is 20.6. The molecule has 1 aliphatic rings. The monoisotopic (exact) mass is 559 g/mol. The summed E-state index contributed by atoms with van der Waals surface area (Å²) in [6.45, 7) is 0.500. The Labute approximate surface area is 222 Å². The van der Waals surface area contributed by atoms with Crippen LogP contribution in [0, 0.1) is 0 Å². The Hall–Kier alpha value is -4.23. The van der Waals surface area contributed by atoms with E-state index in [9.17, 15) is 31.2 Å². The average Bonchev–Trinajstić information content (AvgIpc) is 2.88. The number of nitrogens with zero attached hydrogens (tertiary/aromatic N) is 2. The third-order valence-corrected chi connectivity index (χ3v) is 6.38. The summed E-state index contributed by atoms with van der Waals surface area (Å²) in [4.78, 5) is 31.3. The molecule has 3 N–H and O–H groups in total. The predicted molar refractivity (Wildman–Crippen MR) is 140 cm³/mol. The number of halogens is 3. The van der Waals surface area contributed by atoms with Gasteiger partial charge in [-0.2, -0.15) is 13.2 Å². The van der Waals surface area contributed by atoms with Crippen molar-refractivity contribution in [3.8, 4) is 11.3 Å². The van der Waals surface area contributed by atoms with Gasteiger partial charge in [0.05, 0.1) is 29.4 Å². The van der Waals surface area contributed by atoms with Crippen molar-refractivity contribution in [3.63, 3.8) is 0 Å². The summed E-state index contributed by atoms with van der Waals surface area (Å²) < 4.78 is 63.3. The quantitative estimate of drug-likeness (QED) is 0.400. The highest BCUT2D eigenvalue weighted by Crippen LogP contribution is 2.30. The van der Waals surface area contributed by atoms with Gasteiger partial charge in [-0.15, -0.1) is 0 Å². The van der Waals surface area contributed by atoms with Crippen LogP contribution in [0.4, 0.5) is 29.3 Å². The fourth-order valence-corrected chi connectivity index (χ4v) is 4.25. The van der Waals surface area contributed by atoms with Crippen molar-refractivity contribution >= 4 is 33.3 Å². The van der Waals surface area contributed by atoms with E-state index in [4.69, 9.17) is 0 Å². The maximum absolute atomic E-state index is 13.0. The number of carbonyl (C=O) groups is 2. The van der Waals surface area contributed by atoms with Crippen molar-refractivity contribution in [1.82, 2.24) is 15.0 Å². The SMILES string of the molecule is CS(=O)(=O)NCc1cccc(-c2ccc(N3CCC=C(NC(=O)Nc4ccc(C(F)(F)F)cc4)C3=O)cn2)c1. The molecule has 39 heavy (non-hydrogen) atoms. The number of hydrogen-bond donors (Lipinski definition) is 3. The van der Waals surface area contributed by atoms with E-state index in [1.807, 2.05) is 12.1 Å². The summed E-state index contributed by atoms with van der Waals surface area (Å²) in [5, 5.41) is 4.87. The Morgan fingerprint density at radius 2 is 1.79 bits per heavy atom. The minimum atomic E-state index is -4.49. The van der Waals surface area contributed by atoms with E-state index in [-0.39, 0.29) is 17.9 Å². The lowest BCUT2D eigenvalue weighted by Crippen LogP contribution is -2.42. The lowest BCUT2D eigenvalue weighted by Gasteiger charge is -2.27. The van der Waals surface area contributed by atoms with E-state index < -0.39 is 33.7 Å². The molecule has 4 rings (SSSR count). The van der Waals surface area contributed by atoms with Crippen LogP contribution in [0.1, 0.15) is 17.5 Å². The van der Waals surface area contributed by atoms with E-state index in [0.29, 0.717) is 24.3 Å². The van der Waals surface area contributed by atoms with Crippen molar-refractivity contribution < 1.29 is 31.2 Å². The Balaban J connectivity index is 1.39. The second kappa shape index (κ2) is 11.3. The van der Waals surface area contributed by atoms with Crippen molar-refractivity contribution in [1.29, 1.82) is 0 Å². The summed E-state index contributed by atoms with van der Waals surface area (Å²) in [5.74, 6) is -0.466. The number of sulfonamides is 1. The van der Waals surface area contributed by atoms with E-state index in [1.54, 1.807) is 30.3 Å². The molecule has 0 bridgehead atoms. The minimum absolute atomic E-state index is 0.0285. The Morgan fingerprint density at radius 3 is 2.44 bits per heavy atom. The van der Waals surface area contributed by atoms with Gasteiger partial charge in [0, 0.05) is 24.3 Å². The zero-order chi connectivity index (χ0) is 28.2. The number of urea groups is 1. The molecule has 1 aromatic heterocycles. The summed E-state index contributed by atoms with van der Waals surface area (Å²) in [7, 11) is -3.33. The van der Waals surface area contributed by atoms with E-state index >= 15 is 0 Å². The highest BCUT2D eigenvalue weighted by atomic mass is 32.2. The average molecular weight is 560 g/mol. The Bertz CT molecular complexity index is 1510. The van der Waals surface area contributed by atoms with Gasteiger partial charge in [-0.25, -0.2) is 17.9 Å². The molecule has 2 heterocycles. The summed E-state index contributed by atoms with van der Waals surface area (Å²) in [6.07, 6.45) is 0.153. The molecule has 0 fully saturated rings. The molecule has 3 aromatic rings. The van der Waals surface area contributed by atoms with Crippen LogP contribution >= 0.6 is 0 Å². The molecule has 0 spiro atoms. The van der Waals surface area contributed by atoms with E-state index in [2.05, 4.69) is 20.3 Å². The molecule has 0 unspecified atom stereocenters. The highest BCUT2D eigenvalue weighted by Gasteiger charge is 2.30. The van der Waals surface area contributed by atoms with Crippen LogP contribution < -0.4 is 20.3 Å². The second-order valence-corrected chi connectivity index (χ2v) is 10.5. The second-order valence-electron chi connectivity index (χ2n) is 8.71. The topological polar surface area (TPSA) is 121 Å². The standard InChI is InChI=1S/C26H24F3N5O4S/c1-39(37,38)31-15-17-4-2-5-18(14-17)22-12-11-21(16-30-22)34-13-3-6-23(24(34)35)33-25(36)32-20-9-7-19(8-10-20)26(27,28)29/h2,4-12,14,16,31H,3,13,15H2,1H3,(H2,32,33,36). The van der Waals surface area contributed by atoms with Gasteiger partial charge in [0.1, 0.15) is 5.70 Å². The number of alkyl halides is 3. The van der Waals surface area contributed by atoms with Gasteiger partial charge in [-0.05, 0) is 54.4 Å². The molecular formula is C26H24F3N5O4S. The van der Waals surface area contributed by atoms with Crippen LogP contribution in [0.3, 0.4) is 0 Å². The lowest BCUT2D eigenvalue weighted by atomic mass is 10.1. The van der Waals surface area contributed by atoms with Gasteiger partial charge in [0.2, 0.25) is 10.0 Å². The number of pyridine rings is 1. The molecule has 1 aliphatic heterocycles. The van der Waals surface area contributed by atoms with Gasteiger partial charge in [-0.1, -0.05) is 24.3 Å². The smallest absolute Gasteiger partial charge is 0.308 e. The van der Waals surface area contributed by atoms with Crippen LogP contribution in [-0.2, 0) is 27.5 Å². The summed E-state index contributed by atoms with van der Waals surface area (Å²) >= 11 is 0. The lowest BCUT2D eigenvalue weighted by molar-refractivity contribution is -0.137. The third kappa shape index (κ3) is 7.42. The molecule has 0 aliphatic carbocycles. The Morgan fingerprint density at radius 1 is 1.05 bits per heavy atom. The summed E-state index contributed by atoms with van der Waals surface area (Å²) in [5.41, 5.74) is 1.97. The van der Waals surface area contributed by atoms with E-state index in [1.165, 1.54) is 11.1 Å². The first kappa shape index (κ1) is 27.8. The maximum Gasteiger partial charge on any atom is 0.416 e. The first-order valence-electron chi connectivity index (χ1n) is 11.7. The molecule has 0 atom stereocenters. The highest BCUT2D eigenvalue weighted by molar-refractivity contribution is 7.88. The van der Waals surface area contributed by atoms with Crippen LogP contribution in [0.15, 0.2) is 78.6 Å². The number of rotatable bonds is 7. The maximum atomic E-state index is 13.0. The zero-order valence-corrected chi connectivity index (χ0v) is 21.4. The van der Waals surface area contributed by atoms with Crippen LogP contribution in [0.2, 0.25) is 0 Å². The Kier molecular flexibility index (Phi) is 8.02. The van der Waals surface area contributed by atoms with Crippen LogP contribution in [-0.4, -0.2) is 38.1 Å². The van der Waals surface area contributed by atoms with Crippen molar-refractivity contribution in [3.05, 3.63) is 89.8 Å². The number of anilines is 2. The number of carbonyl (C=O) groups excluding carboxylic acids is 2. The molecule has 0 saturated heterocycles. The number of benzene rings is 2. The first-order valence-corrected chi connectivity index (χ1v) is 13.6. The normalized spacial score (nSPS) is 14.1. The van der Waals surface area contributed by atoms with E-state index in [0.717, 1.165) is 41.6 Å². The fourth-order valence-electron chi connectivity index (χ4n) is 3.82. The molecule has 0 saturated carbocycles. The molecular weight excluding hydrogens is 535 g/mol. The first-order chi connectivity index (χ1) is 18.4. The number of aromatic nitrogens is 1. The van der Waals surface area contributed by atoms with Crippen molar-refractivity contribution in [2.75, 3.05) is 23.0 Å². The number of amides is 3. The number of hydrogen-bond acceptors (Lipinski definition) is 5. The molecule has 9 nitrogen and oxygen atoms in total. The molecule has 0 radical (unpaired) electrons. The molecule has 3 amide bonds. The molecule has 2 aromatic carbocycles. The van der Waals surface area contributed by atoms with Crippen molar-refractivity contribution in [2.45, 2.75) is 19.1 Å². The van der Waals surface area contributed by atoms with Crippen LogP contribution in [0.25, 0.3) is 11.3 Å². The van der Waals surface area contributed by atoms with Gasteiger partial charge in [-0.3, -0.25) is 9.78 Å². The van der Waals surface area contributed by atoms with Crippen LogP contribution in [0.5, 0.6) is 0 Å². The largest absolute Gasteiger partial charge is 0.416 e. The third-order valence-electron chi connectivity index (χ3n) is 5.72. The molecule has 13 heteroatoms. The predicted octanol–water partition coefficient (Wildman–Crippen LogP) is 4.26. The van der Waals surface area contributed by atoms with Crippen molar-refractivity contribution in [2.24, 2.45) is 0 Å². The summed E-state index contributed by atoms with van der Waals surface area (Å²) in [6, 6.07) is 13.8. The van der Waals surface area contributed by atoms with Gasteiger partial charge in [0.15, 0.2) is 0 Å².